The number of aliphatic carboxylic acids is 1. The summed E-state index contributed by atoms with van der Waals surface area (Å²) in [6, 6.07) is 4.28. The molecule has 0 saturated carbocycles. The third-order valence-corrected chi connectivity index (χ3v) is 2.94. The van der Waals surface area contributed by atoms with Crippen LogP contribution in [0.2, 0.25) is 0 Å². The molecule has 0 bridgehead atoms. The molecule has 19 heavy (non-hydrogen) atoms. The lowest BCUT2D eigenvalue weighted by Gasteiger charge is -2.22. The zero-order valence-corrected chi connectivity index (χ0v) is 10.6. The average molecular weight is 264 g/mol. The highest BCUT2D eigenvalue weighted by Gasteiger charge is 2.23. The van der Waals surface area contributed by atoms with E-state index in [1.165, 1.54) is 0 Å². The molecule has 2 rings (SSSR count). The Morgan fingerprint density at radius 1 is 1.53 bits per heavy atom. The van der Waals surface area contributed by atoms with E-state index in [0.717, 1.165) is 5.69 Å². The lowest BCUT2D eigenvalue weighted by Crippen LogP contribution is -2.40. The maximum Gasteiger partial charge on any atom is 0.326 e. The number of benzene rings is 1. The molecule has 3 N–H and O–H groups in total. The van der Waals surface area contributed by atoms with Gasteiger partial charge in [0.25, 0.3) is 5.91 Å². The largest absolute Gasteiger partial charge is 0.489 e. The maximum atomic E-state index is 12.1. The number of nitrogens with one attached hydrogen (secondary N) is 2. The van der Waals surface area contributed by atoms with E-state index in [1.54, 1.807) is 19.1 Å². The highest BCUT2D eigenvalue weighted by atomic mass is 16.5. The molecule has 1 aliphatic heterocycles. The number of hydrogen-bond donors (Lipinski definition) is 3. The first-order valence-corrected chi connectivity index (χ1v) is 6.16. The van der Waals surface area contributed by atoms with Crippen molar-refractivity contribution in [3.63, 3.8) is 0 Å². The Morgan fingerprint density at radius 2 is 2.32 bits per heavy atom. The third kappa shape index (κ3) is 2.78. The molecular formula is C13H16N2O4. The number of amides is 1. The highest BCUT2D eigenvalue weighted by molar-refractivity contribution is 6.00. The molecule has 6 heteroatoms. The maximum absolute atomic E-state index is 12.1. The lowest BCUT2D eigenvalue weighted by atomic mass is 10.1. The normalized spacial score (nSPS) is 14.6. The number of anilines is 1. The van der Waals surface area contributed by atoms with Gasteiger partial charge in [0.1, 0.15) is 12.6 Å². The van der Waals surface area contributed by atoms with Crippen molar-refractivity contribution in [2.75, 3.05) is 18.5 Å². The molecule has 0 spiro atoms. The van der Waals surface area contributed by atoms with Gasteiger partial charge >= 0.3 is 5.97 Å². The molecular weight excluding hydrogens is 248 g/mol. The monoisotopic (exact) mass is 264 g/mol. The van der Waals surface area contributed by atoms with Crippen molar-refractivity contribution in [2.24, 2.45) is 0 Å². The Balaban J connectivity index is 2.22. The van der Waals surface area contributed by atoms with Gasteiger partial charge in [0.15, 0.2) is 5.75 Å². The van der Waals surface area contributed by atoms with Gasteiger partial charge in [-0.25, -0.2) is 4.79 Å². The SMILES string of the molecule is CC[C@@H](NC(=O)c1cccc2c1OCCN2)C(=O)O. The van der Waals surface area contributed by atoms with Crippen molar-refractivity contribution in [3.05, 3.63) is 23.8 Å². The van der Waals surface area contributed by atoms with E-state index in [9.17, 15) is 9.59 Å². The Bertz CT molecular complexity index is 501. The average Bonchev–Trinajstić information content (AvgIpc) is 2.43. The Labute approximate surface area is 110 Å². The lowest BCUT2D eigenvalue weighted by molar-refractivity contribution is -0.139. The molecule has 0 fully saturated rings. The molecule has 1 atom stereocenters. The van der Waals surface area contributed by atoms with Crippen LogP contribution in [0.25, 0.3) is 0 Å². The van der Waals surface area contributed by atoms with E-state index in [2.05, 4.69) is 10.6 Å². The predicted molar refractivity (Wildman–Crippen MR) is 69.6 cm³/mol. The Morgan fingerprint density at radius 3 is 3.00 bits per heavy atom. The number of carboxylic acids is 1. The van der Waals surface area contributed by atoms with E-state index in [1.807, 2.05) is 6.07 Å². The fourth-order valence-corrected chi connectivity index (χ4v) is 1.92. The smallest absolute Gasteiger partial charge is 0.326 e. The van der Waals surface area contributed by atoms with Crippen LogP contribution in [0.3, 0.4) is 0 Å². The summed E-state index contributed by atoms with van der Waals surface area (Å²) in [6.45, 7) is 2.87. The summed E-state index contributed by atoms with van der Waals surface area (Å²) in [5, 5.41) is 14.6. The summed E-state index contributed by atoms with van der Waals surface area (Å²) < 4.78 is 5.48. The van der Waals surface area contributed by atoms with E-state index < -0.39 is 17.9 Å². The van der Waals surface area contributed by atoms with Gasteiger partial charge in [-0.2, -0.15) is 0 Å². The molecule has 0 radical (unpaired) electrons. The zero-order valence-electron chi connectivity index (χ0n) is 10.6. The van der Waals surface area contributed by atoms with Gasteiger partial charge in [0.05, 0.1) is 11.3 Å². The Kier molecular flexibility index (Phi) is 3.89. The minimum absolute atomic E-state index is 0.329. The minimum Gasteiger partial charge on any atom is -0.489 e. The quantitative estimate of drug-likeness (QED) is 0.757. The highest BCUT2D eigenvalue weighted by Crippen LogP contribution is 2.31. The zero-order chi connectivity index (χ0) is 13.8. The summed E-state index contributed by atoms with van der Waals surface area (Å²) in [4.78, 5) is 23.0. The number of hydrogen-bond acceptors (Lipinski definition) is 4. The second-order valence-corrected chi connectivity index (χ2v) is 4.23. The van der Waals surface area contributed by atoms with Gasteiger partial charge in [-0.1, -0.05) is 13.0 Å². The summed E-state index contributed by atoms with van der Waals surface area (Å²) in [6.07, 6.45) is 0.329. The van der Waals surface area contributed by atoms with Gasteiger partial charge in [-0.05, 0) is 18.6 Å². The first-order valence-electron chi connectivity index (χ1n) is 6.16. The van der Waals surface area contributed by atoms with Crippen molar-refractivity contribution < 1.29 is 19.4 Å². The van der Waals surface area contributed by atoms with Gasteiger partial charge in [-0.3, -0.25) is 4.79 Å². The van der Waals surface area contributed by atoms with Crippen molar-refractivity contribution >= 4 is 17.6 Å². The van der Waals surface area contributed by atoms with Crippen molar-refractivity contribution in [3.8, 4) is 5.75 Å². The Hall–Kier alpha value is -2.24. The minimum atomic E-state index is -1.04. The van der Waals surface area contributed by atoms with Crippen LogP contribution in [0.4, 0.5) is 5.69 Å². The third-order valence-electron chi connectivity index (χ3n) is 2.94. The standard InChI is InChI=1S/C13H16N2O4/c1-2-9(13(17)18)15-12(16)8-4-3-5-10-11(8)19-7-6-14-10/h3-5,9,14H,2,6-7H2,1H3,(H,15,16)(H,17,18)/t9-/m1/s1. The molecule has 102 valence electrons. The second kappa shape index (κ2) is 5.60. The van der Waals surface area contributed by atoms with E-state index in [4.69, 9.17) is 9.84 Å². The van der Waals surface area contributed by atoms with Gasteiger partial charge in [0.2, 0.25) is 0 Å². The number of para-hydroxylation sites is 1. The first kappa shape index (κ1) is 13.2. The fraction of sp³-hybridized carbons (Fsp3) is 0.385. The van der Waals surface area contributed by atoms with Gasteiger partial charge in [0, 0.05) is 6.54 Å². The number of rotatable bonds is 4. The molecule has 1 amide bonds. The van der Waals surface area contributed by atoms with E-state index in [0.29, 0.717) is 30.9 Å². The van der Waals surface area contributed by atoms with Crippen molar-refractivity contribution in [2.45, 2.75) is 19.4 Å². The number of carbonyl (C=O) groups excluding carboxylic acids is 1. The van der Waals surface area contributed by atoms with Crippen LogP contribution in [0.5, 0.6) is 5.75 Å². The summed E-state index contributed by atoms with van der Waals surface area (Å²) in [5.41, 5.74) is 1.10. The molecule has 6 nitrogen and oxygen atoms in total. The van der Waals surface area contributed by atoms with Crippen LogP contribution >= 0.6 is 0 Å². The van der Waals surface area contributed by atoms with Crippen molar-refractivity contribution in [1.82, 2.24) is 5.32 Å². The topological polar surface area (TPSA) is 87.7 Å². The molecule has 0 saturated heterocycles. The summed E-state index contributed by atoms with van der Waals surface area (Å²) in [7, 11) is 0. The summed E-state index contributed by atoms with van der Waals surface area (Å²) in [5.74, 6) is -0.999. The molecule has 0 unspecified atom stereocenters. The molecule has 1 aromatic carbocycles. The second-order valence-electron chi connectivity index (χ2n) is 4.23. The van der Waals surface area contributed by atoms with Crippen LogP contribution in [0.15, 0.2) is 18.2 Å². The van der Waals surface area contributed by atoms with Crippen LogP contribution in [-0.4, -0.2) is 36.2 Å². The number of fused-ring (bicyclic) bond motifs is 1. The number of ether oxygens (including phenoxy) is 1. The van der Waals surface area contributed by atoms with Crippen LogP contribution in [-0.2, 0) is 4.79 Å². The van der Waals surface area contributed by atoms with Crippen LogP contribution in [0, 0.1) is 0 Å². The number of carboxylic acid groups (broad SMARTS) is 1. The van der Waals surface area contributed by atoms with Crippen LogP contribution < -0.4 is 15.4 Å². The van der Waals surface area contributed by atoms with Gasteiger partial charge in [-0.15, -0.1) is 0 Å². The van der Waals surface area contributed by atoms with Crippen molar-refractivity contribution in [1.29, 1.82) is 0 Å². The molecule has 0 aliphatic carbocycles. The summed E-state index contributed by atoms with van der Waals surface area (Å²) >= 11 is 0. The first-order chi connectivity index (χ1) is 9.13. The number of carbonyl (C=O) groups is 2. The molecule has 1 aliphatic rings. The van der Waals surface area contributed by atoms with Crippen LogP contribution in [0.1, 0.15) is 23.7 Å². The fourth-order valence-electron chi connectivity index (χ4n) is 1.92. The molecule has 1 heterocycles. The van der Waals surface area contributed by atoms with E-state index in [-0.39, 0.29) is 0 Å². The molecule has 1 aromatic rings. The van der Waals surface area contributed by atoms with E-state index >= 15 is 0 Å². The predicted octanol–water partition coefficient (Wildman–Crippen LogP) is 1.08. The van der Waals surface area contributed by atoms with Gasteiger partial charge < -0.3 is 20.5 Å². The molecule has 0 aromatic heterocycles.